The van der Waals surface area contributed by atoms with Gasteiger partial charge in [-0.2, -0.15) is 0 Å². The SMILES string of the molecule is CC1CN(C)CCN1c1c(F)cc(CO)cc1F. The Morgan fingerprint density at radius 3 is 2.39 bits per heavy atom. The van der Waals surface area contributed by atoms with E-state index < -0.39 is 11.6 Å². The molecule has 1 heterocycles. The van der Waals surface area contributed by atoms with Crippen LogP contribution in [0.4, 0.5) is 14.5 Å². The van der Waals surface area contributed by atoms with Crippen molar-refractivity contribution in [3.05, 3.63) is 29.3 Å². The summed E-state index contributed by atoms with van der Waals surface area (Å²) >= 11 is 0. The third-order valence-corrected chi connectivity index (χ3v) is 3.38. The van der Waals surface area contributed by atoms with E-state index in [9.17, 15) is 8.78 Å². The molecule has 1 saturated heterocycles. The largest absolute Gasteiger partial charge is 0.392 e. The van der Waals surface area contributed by atoms with E-state index in [4.69, 9.17) is 5.11 Å². The normalized spacial score (nSPS) is 21.4. The quantitative estimate of drug-likeness (QED) is 0.870. The number of nitrogens with zero attached hydrogens (tertiary/aromatic N) is 2. The maximum Gasteiger partial charge on any atom is 0.149 e. The Kier molecular flexibility index (Phi) is 3.82. The summed E-state index contributed by atoms with van der Waals surface area (Å²) in [6.07, 6.45) is 0. The topological polar surface area (TPSA) is 26.7 Å². The Morgan fingerprint density at radius 1 is 1.28 bits per heavy atom. The Hall–Kier alpha value is -1.20. The molecule has 1 atom stereocenters. The number of hydrogen-bond donors (Lipinski definition) is 1. The Balaban J connectivity index is 2.33. The lowest BCUT2D eigenvalue weighted by atomic mass is 10.1. The van der Waals surface area contributed by atoms with E-state index in [0.29, 0.717) is 6.54 Å². The van der Waals surface area contributed by atoms with Gasteiger partial charge in [-0.3, -0.25) is 0 Å². The lowest BCUT2D eigenvalue weighted by molar-refractivity contribution is 0.272. The number of aliphatic hydroxyl groups is 1. The molecule has 0 saturated carbocycles. The summed E-state index contributed by atoms with van der Waals surface area (Å²) < 4.78 is 27.9. The van der Waals surface area contributed by atoms with Crippen molar-refractivity contribution in [2.24, 2.45) is 0 Å². The smallest absolute Gasteiger partial charge is 0.149 e. The van der Waals surface area contributed by atoms with Crippen LogP contribution in [0.15, 0.2) is 12.1 Å². The molecular weight excluding hydrogens is 238 g/mol. The summed E-state index contributed by atoms with van der Waals surface area (Å²) in [4.78, 5) is 3.89. The molecule has 1 fully saturated rings. The lowest BCUT2D eigenvalue weighted by Gasteiger charge is -2.40. The van der Waals surface area contributed by atoms with Crippen molar-refractivity contribution in [3.8, 4) is 0 Å². The van der Waals surface area contributed by atoms with Gasteiger partial charge in [0.05, 0.1) is 6.61 Å². The maximum atomic E-state index is 13.9. The molecular formula is C13H18F2N2O. The minimum atomic E-state index is -0.601. The van der Waals surface area contributed by atoms with Crippen molar-refractivity contribution in [3.63, 3.8) is 0 Å². The number of halogens is 2. The van der Waals surface area contributed by atoms with Crippen LogP contribution in [-0.2, 0) is 6.61 Å². The Morgan fingerprint density at radius 2 is 1.89 bits per heavy atom. The standard InChI is InChI=1S/C13H18F2N2O/c1-9-7-16(2)3-4-17(9)13-11(14)5-10(8-18)6-12(13)15/h5-6,9,18H,3-4,7-8H2,1-2H3. The monoisotopic (exact) mass is 256 g/mol. The third-order valence-electron chi connectivity index (χ3n) is 3.38. The van der Waals surface area contributed by atoms with Gasteiger partial charge in [0.15, 0.2) is 0 Å². The van der Waals surface area contributed by atoms with Crippen molar-refractivity contribution in [2.45, 2.75) is 19.6 Å². The summed E-state index contributed by atoms with van der Waals surface area (Å²) in [5.74, 6) is -1.20. The molecule has 0 spiro atoms. The van der Waals surface area contributed by atoms with Crippen LogP contribution in [0.5, 0.6) is 0 Å². The van der Waals surface area contributed by atoms with Crippen LogP contribution in [0.3, 0.4) is 0 Å². The fourth-order valence-corrected chi connectivity index (χ4v) is 2.46. The van der Waals surface area contributed by atoms with E-state index in [1.807, 2.05) is 14.0 Å². The van der Waals surface area contributed by atoms with Crippen LogP contribution < -0.4 is 4.90 Å². The first-order chi connectivity index (χ1) is 8.52. The van der Waals surface area contributed by atoms with Crippen LogP contribution in [0.25, 0.3) is 0 Å². The molecule has 1 aromatic carbocycles. The number of aliphatic hydroxyl groups excluding tert-OH is 1. The third kappa shape index (κ3) is 2.47. The van der Waals surface area contributed by atoms with Gasteiger partial charge in [-0.05, 0) is 31.7 Å². The first kappa shape index (κ1) is 13.2. The summed E-state index contributed by atoms with van der Waals surface area (Å²) in [5, 5.41) is 8.92. The van der Waals surface area contributed by atoms with E-state index in [1.54, 1.807) is 4.90 Å². The minimum absolute atomic E-state index is 0.0211. The highest BCUT2D eigenvalue weighted by atomic mass is 19.1. The molecule has 1 N–H and O–H groups in total. The molecule has 1 aliphatic heterocycles. The molecule has 5 heteroatoms. The zero-order chi connectivity index (χ0) is 13.3. The van der Waals surface area contributed by atoms with Crippen molar-refractivity contribution in [2.75, 3.05) is 31.6 Å². The number of piperazine rings is 1. The predicted molar refractivity (Wildman–Crippen MR) is 66.6 cm³/mol. The van der Waals surface area contributed by atoms with Crippen molar-refractivity contribution < 1.29 is 13.9 Å². The molecule has 3 nitrogen and oxygen atoms in total. The van der Waals surface area contributed by atoms with Gasteiger partial charge in [0.1, 0.15) is 17.3 Å². The summed E-state index contributed by atoms with van der Waals surface area (Å²) in [7, 11) is 2.00. The molecule has 0 aromatic heterocycles. The fourth-order valence-electron chi connectivity index (χ4n) is 2.46. The van der Waals surface area contributed by atoms with Crippen LogP contribution in [-0.4, -0.2) is 42.7 Å². The van der Waals surface area contributed by atoms with E-state index in [-0.39, 0.29) is 23.9 Å². The van der Waals surface area contributed by atoms with Gasteiger partial charge in [0.2, 0.25) is 0 Å². The predicted octanol–water partition coefficient (Wildman–Crippen LogP) is 1.60. The van der Waals surface area contributed by atoms with Gasteiger partial charge in [0, 0.05) is 25.7 Å². The molecule has 18 heavy (non-hydrogen) atoms. The molecule has 0 bridgehead atoms. The van der Waals surface area contributed by atoms with E-state index in [0.717, 1.165) is 13.1 Å². The highest BCUT2D eigenvalue weighted by molar-refractivity contribution is 5.52. The first-order valence-corrected chi connectivity index (χ1v) is 6.07. The van der Waals surface area contributed by atoms with Gasteiger partial charge in [-0.1, -0.05) is 0 Å². The Bertz CT molecular complexity index is 416. The average molecular weight is 256 g/mol. The fraction of sp³-hybridized carbons (Fsp3) is 0.538. The van der Waals surface area contributed by atoms with Gasteiger partial charge in [-0.15, -0.1) is 0 Å². The van der Waals surface area contributed by atoms with Crippen LogP contribution >= 0.6 is 0 Å². The van der Waals surface area contributed by atoms with Gasteiger partial charge >= 0.3 is 0 Å². The molecule has 1 unspecified atom stereocenters. The molecule has 1 aromatic rings. The second-order valence-corrected chi connectivity index (χ2v) is 4.87. The van der Waals surface area contributed by atoms with E-state index >= 15 is 0 Å². The second kappa shape index (κ2) is 5.20. The number of anilines is 1. The van der Waals surface area contributed by atoms with Crippen molar-refractivity contribution in [1.82, 2.24) is 4.90 Å². The molecule has 0 amide bonds. The molecule has 1 aliphatic rings. The van der Waals surface area contributed by atoms with Gasteiger partial charge < -0.3 is 14.9 Å². The molecule has 100 valence electrons. The van der Waals surface area contributed by atoms with Gasteiger partial charge in [0.25, 0.3) is 0 Å². The van der Waals surface area contributed by atoms with Crippen molar-refractivity contribution >= 4 is 5.69 Å². The van der Waals surface area contributed by atoms with Crippen LogP contribution in [0.2, 0.25) is 0 Å². The summed E-state index contributed by atoms with van der Waals surface area (Å²) in [5.41, 5.74) is 0.281. The average Bonchev–Trinajstić information content (AvgIpc) is 2.30. The molecule has 2 rings (SSSR count). The van der Waals surface area contributed by atoms with E-state index in [2.05, 4.69) is 4.90 Å². The number of likely N-dealkylation sites (N-methyl/N-ethyl adjacent to an activating group) is 1. The first-order valence-electron chi connectivity index (χ1n) is 6.07. The minimum Gasteiger partial charge on any atom is -0.392 e. The van der Waals surface area contributed by atoms with E-state index in [1.165, 1.54) is 12.1 Å². The number of benzene rings is 1. The summed E-state index contributed by atoms with van der Waals surface area (Å²) in [6.45, 7) is 3.76. The van der Waals surface area contributed by atoms with Crippen molar-refractivity contribution in [1.29, 1.82) is 0 Å². The number of hydrogen-bond acceptors (Lipinski definition) is 3. The zero-order valence-electron chi connectivity index (χ0n) is 10.7. The highest BCUT2D eigenvalue weighted by Crippen LogP contribution is 2.28. The summed E-state index contributed by atoms with van der Waals surface area (Å²) in [6, 6.07) is 2.46. The van der Waals surface area contributed by atoms with Crippen LogP contribution in [0.1, 0.15) is 12.5 Å². The highest BCUT2D eigenvalue weighted by Gasteiger charge is 2.26. The lowest BCUT2D eigenvalue weighted by Crippen LogP contribution is -2.51. The second-order valence-electron chi connectivity index (χ2n) is 4.87. The molecule has 0 aliphatic carbocycles. The maximum absolute atomic E-state index is 13.9. The molecule has 0 radical (unpaired) electrons. The Labute approximate surface area is 106 Å². The number of rotatable bonds is 2. The van der Waals surface area contributed by atoms with Crippen LogP contribution in [0, 0.1) is 11.6 Å². The zero-order valence-corrected chi connectivity index (χ0v) is 10.7. The van der Waals surface area contributed by atoms with Gasteiger partial charge in [-0.25, -0.2) is 8.78 Å².